The highest BCUT2D eigenvalue weighted by molar-refractivity contribution is 6.32. The summed E-state index contributed by atoms with van der Waals surface area (Å²) in [6.45, 7) is 2.54. The lowest BCUT2D eigenvalue weighted by atomic mass is 10.1. The maximum atomic E-state index is 12.4. The number of ketones is 1. The highest BCUT2D eigenvalue weighted by Crippen LogP contribution is 2.38. The number of fused-ring (bicyclic) bond motifs is 1. The molecule has 0 bridgehead atoms. The fourth-order valence-electron chi connectivity index (χ4n) is 2.35. The molecule has 24 heavy (non-hydrogen) atoms. The number of rotatable bonds is 3. The third-order valence-electron chi connectivity index (χ3n) is 3.61. The first kappa shape index (κ1) is 16.3. The predicted molar refractivity (Wildman–Crippen MR) is 91.5 cm³/mol. The van der Waals surface area contributed by atoms with Crippen molar-refractivity contribution in [1.29, 1.82) is 0 Å². The summed E-state index contributed by atoms with van der Waals surface area (Å²) in [5, 5.41) is 3.11. The Balaban J connectivity index is 1.81. The first-order valence-corrected chi connectivity index (χ1v) is 7.94. The Morgan fingerprint density at radius 3 is 2.46 bits per heavy atom. The van der Waals surface area contributed by atoms with E-state index < -0.39 is 0 Å². The minimum atomic E-state index is -0.317. The first-order chi connectivity index (χ1) is 11.5. The molecule has 5 nitrogen and oxygen atoms in total. The van der Waals surface area contributed by atoms with Gasteiger partial charge >= 0.3 is 0 Å². The molecule has 1 N–H and O–H groups in total. The number of hydrogen-bond donors (Lipinski definition) is 1. The van der Waals surface area contributed by atoms with E-state index in [9.17, 15) is 9.59 Å². The third-order valence-corrected chi connectivity index (χ3v) is 3.89. The molecule has 3 rings (SSSR count). The van der Waals surface area contributed by atoms with Gasteiger partial charge in [-0.15, -0.1) is 0 Å². The molecular weight excluding hydrogens is 330 g/mol. The maximum Gasteiger partial charge on any atom is 0.255 e. The lowest BCUT2D eigenvalue weighted by Gasteiger charge is -2.12. The molecule has 1 heterocycles. The molecule has 0 atom stereocenters. The van der Waals surface area contributed by atoms with Crippen LogP contribution in [0.1, 0.15) is 34.1 Å². The van der Waals surface area contributed by atoms with Crippen LogP contribution in [0.25, 0.3) is 0 Å². The molecule has 0 radical (unpaired) electrons. The topological polar surface area (TPSA) is 64.6 Å². The van der Waals surface area contributed by atoms with Gasteiger partial charge in [0.25, 0.3) is 5.91 Å². The van der Waals surface area contributed by atoms with Gasteiger partial charge in [0.1, 0.15) is 0 Å². The number of Topliss-reactive ketones (excluding diaryl/α,β-unsaturated/α-hetero) is 1. The lowest BCUT2D eigenvalue weighted by Crippen LogP contribution is -2.12. The number of ether oxygens (including phenoxy) is 2. The normalized spacial score (nSPS) is 13.1. The molecule has 1 aliphatic heterocycles. The summed E-state index contributed by atoms with van der Waals surface area (Å²) >= 11 is 6.20. The van der Waals surface area contributed by atoms with E-state index in [1.165, 1.54) is 6.92 Å². The molecule has 0 saturated carbocycles. The van der Waals surface area contributed by atoms with Crippen LogP contribution >= 0.6 is 11.6 Å². The van der Waals surface area contributed by atoms with Crippen molar-refractivity contribution in [3.63, 3.8) is 0 Å². The van der Waals surface area contributed by atoms with E-state index >= 15 is 0 Å². The molecule has 0 aliphatic carbocycles. The van der Waals surface area contributed by atoms with Crippen molar-refractivity contribution < 1.29 is 19.1 Å². The molecule has 6 heteroatoms. The maximum absolute atomic E-state index is 12.4. The highest BCUT2D eigenvalue weighted by Gasteiger charge is 2.18. The average molecular weight is 346 g/mol. The first-order valence-electron chi connectivity index (χ1n) is 7.56. The second kappa shape index (κ2) is 6.93. The second-order valence-corrected chi connectivity index (χ2v) is 5.83. The standard InChI is InChI=1S/C18H16ClNO4/c1-11(21)12-3-5-14(6-4-12)20-18(22)13-9-15(19)17-16(10-13)23-7-2-8-24-17/h3-6,9-10H,2,7-8H2,1H3,(H,20,22). The Labute approximate surface area is 144 Å². The van der Waals surface area contributed by atoms with Crippen LogP contribution in [0.15, 0.2) is 36.4 Å². The number of anilines is 1. The molecule has 2 aromatic carbocycles. The van der Waals surface area contributed by atoms with Gasteiger partial charge in [0, 0.05) is 23.2 Å². The average Bonchev–Trinajstić information content (AvgIpc) is 2.81. The minimum absolute atomic E-state index is 0.0254. The van der Waals surface area contributed by atoms with Gasteiger partial charge in [0.2, 0.25) is 0 Å². The Kier molecular flexibility index (Phi) is 4.71. The smallest absolute Gasteiger partial charge is 0.255 e. The van der Waals surface area contributed by atoms with Crippen LogP contribution in [0.3, 0.4) is 0 Å². The van der Waals surface area contributed by atoms with E-state index in [-0.39, 0.29) is 11.7 Å². The van der Waals surface area contributed by atoms with Crippen LogP contribution in [0.2, 0.25) is 5.02 Å². The molecule has 0 aromatic heterocycles. The number of halogens is 1. The van der Waals surface area contributed by atoms with Gasteiger partial charge < -0.3 is 14.8 Å². The molecule has 0 unspecified atom stereocenters. The fraction of sp³-hybridized carbons (Fsp3) is 0.222. The molecular formula is C18H16ClNO4. The van der Waals surface area contributed by atoms with Crippen molar-refractivity contribution in [2.75, 3.05) is 18.5 Å². The largest absolute Gasteiger partial charge is 0.489 e. The SMILES string of the molecule is CC(=O)c1ccc(NC(=O)c2cc(Cl)c3c(c2)OCCCO3)cc1. The number of carbonyl (C=O) groups is 2. The fourth-order valence-corrected chi connectivity index (χ4v) is 2.62. The summed E-state index contributed by atoms with van der Waals surface area (Å²) < 4.78 is 11.1. The molecule has 1 amide bonds. The van der Waals surface area contributed by atoms with Crippen LogP contribution in [0.5, 0.6) is 11.5 Å². The zero-order chi connectivity index (χ0) is 17.1. The Morgan fingerprint density at radius 2 is 1.75 bits per heavy atom. The summed E-state index contributed by atoms with van der Waals surface area (Å²) in [6, 6.07) is 9.86. The highest BCUT2D eigenvalue weighted by atomic mass is 35.5. The molecule has 0 spiro atoms. The van der Waals surface area contributed by atoms with Gasteiger partial charge in [-0.05, 0) is 43.3 Å². The van der Waals surface area contributed by atoms with Crippen molar-refractivity contribution in [2.45, 2.75) is 13.3 Å². The van der Waals surface area contributed by atoms with Crippen molar-refractivity contribution in [2.24, 2.45) is 0 Å². The quantitative estimate of drug-likeness (QED) is 0.855. The van der Waals surface area contributed by atoms with E-state index in [0.29, 0.717) is 46.5 Å². The summed E-state index contributed by atoms with van der Waals surface area (Å²) in [6.07, 6.45) is 0.759. The van der Waals surface area contributed by atoms with E-state index in [4.69, 9.17) is 21.1 Å². The minimum Gasteiger partial charge on any atom is -0.489 e. The van der Waals surface area contributed by atoms with E-state index in [0.717, 1.165) is 6.42 Å². The van der Waals surface area contributed by atoms with Gasteiger partial charge in [-0.25, -0.2) is 0 Å². The predicted octanol–water partition coefficient (Wildman–Crippen LogP) is 3.96. The molecule has 0 fully saturated rings. The van der Waals surface area contributed by atoms with Crippen LogP contribution in [-0.4, -0.2) is 24.9 Å². The summed E-state index contributed by atoms with van der Waals surface area (Å²) in [7, 11) is 0. The molecule has 1 aliphatic rings. The molecule has 0 saturated heterocycles. The zero-order valence-electron chi connectivity index (χ0n) is 13.1. The Hall–Kier alpha value is -2.53. The number of hydrogen-bond acceptors (Lipinski definition) is 4. The van der Waals surface area contributed by atoms with Crippen molar-refractivity contribution in [3.05, 3.63) is 52.5 Å². The third kappa shape index (κ3) is 3.51. The van der Waals surface area contributed by atoms with E-state index in [2.05, 4.69) is 5.32 Å². The van der Waals surface area contributed by atoms with Crippen LogP contribution in [0.4, 0.5) is 5.69 Å². The van der Waals surface area contributed by atoms with Crippen LogP contribution < -0.4 is 14.8 Å². The van der Waals surface area contributed by atoms with Gasteiger partial charge in [-0.3, -0.25) is 9.59 Å². The van der Waals surface area contributed by atoms with Gasteiger partial charge in [0.15, 0.2) is 17.3 Å². The van der Waals surface area contributed by atoms with Crippen LogP contribution in [0, 0.1) is 0 Å². The Bertz CT molecular complexity index is 786. The number of carbonyl (C=O) groups excluding carboxylic acids is 2. The van der Waals surface area contributed by atoms with E-state index in [1.54, 1.807) is 36.4 Å². The Morgan fingerprint density at radius 1 is 1.04 bits per heavy atom. The number of nitrogens with one attached hydrogen (secondary N) is 1. The van der Waals surface area contributed by atoms with Gasteiger partial charge in [0.05, 0.1) is 18.2 Å². The summed E-state index contributed by atoms with van der Waals surface area (Å²) in [5.74, 6) is 0.597. The molecule has 2 aromatic rings. The van der Waals surface area contributed by atoms with Crippen LogP contribution in [-0.2, 0) is 0 Å². The van der Waals surface area contributed by atoms with Gasteiger partial charge in [-0.1, -0.05) is 11.6 Å². The number of benzene rings is 2. The zero-order valence-corrected chi connectivity index (χ0v) is 13.9. The molecule has 124 valence electrons. The van der Waals surface area contributed by atoms with E-state index in [1.807, 2.05) is 0 Å². The van der Waals surface area contributed by atoms with Crippen molar-refractivity contribution in [1.82, 2.24) is 0 Å². The summed E-state index contributed by atoms with van der Waals surface area (Å²) in [4.78, 5) is 23.7. The second-order valence-electron chi connectivity index (χ2n) is 5.42. The monoisotopic (exact) mass is 345 g/mol. The number of amides is 1. The lowest BCUT2D eigenvalue weighted by molar-refractivity contribution is 0.101. The summed E-state index contributed by atoms with van der Waals surface area (Å²) in [5.41, 5.74) is 1.56. The van der Waals surface area contributed by atoms with Gasteiger partial charge in [-0.2, -0.15) is 0 Å². The van der Waals surface area contributed by atoms with Crippen molar-refractivity contribution in [3.8, 4) is 11.5 Å². The van der Waals surface area contributed by atoms with Crippen molar-refractivity contribution >= 4 is 29.0 Å².